The molecule has 0 saturated heterocycles. The molecule has 0 aliphatic rings. The molecule has 518 valence electrons. The summed E-state index contributed by atoms with van der Waals surface area (Å²) >= 11 is 0. The van der Waals surface area contributed by atoms with E-state index in [2.05, 4.69) is 58.9 Å². The van der Waals surface area contributed by atoms with Gasteiger partial charge in [-0.25, -0.2) is 9.13 Å². The number of esters is 4. The van der Waals surface area contributed by atoms with E-state index in [1.807, 2.05) is 0 Å². The van der Waals surface area contributed by atoms with E-state index in [0.717, 1.165) is 109 Å². The molecule has 0 aliphatic heterocycles. The van der Waals surface area contributed by atoms with E-state index in [-0.39, 0.29) is 25.7 Å². The van der Waals surface area contributed by atoms with Crippen molar-refractivity contribution < 1.29 is 80.2 Å². The van der Waals surface area contributed by atoms with Gasteiger partial charge in [0.2, 0.25) is 0 Å². The van der Waals surface area contributed by atoms with Crippen LogP contribution < -0.4 is 0 Å². The highest BCUT2D eigenvalue weighted by atomic mass is 31.2. The van der Waals surface area contributed by atoms with Crippen molar-refractivity contribution in [2.75, 3.05) is 39.6 Å². The van der Waals surface area contributed by atoms with Gasteiger partial charge in [-0.1, -0.05) is 277 Å². The number of allylic oxidation sites excluding steroid dienone is 4. The molecular weight excluding hydrogens is 1160 g/mol. The lowest BCUT2D eigenvalue weighted by atomic mass is 9.99. The third kappa shape index (κ3) is 61.1. The van der Waals surface area contributed by atoms with Crippen LogP contribution in [0, 0.1) is 5.92 Å². The summed E-state index contributed by atoms with van der Waals surface area (Å²) in [5, 5.41) is 10.6. The number of aliphatic hydroxyl groups excluding tert-OH is 1. The van der Waals surface area contributed by atoms with Gasteiger partial charge in [-0.2, -0.15) is 0 Å². The largest absolute Gasteiger partial charge is 0.472 e. The first-order chi connectivity index (χ1) is 42.6. The van der Waals surface area contributed by atoms with Crippen LogP contribution in [0.15, 0.2) is 24.3 Å². The SMILES string of the molecule is CCCCCC/C=C\C=C/CCCCCCCC(=O)O[C@H](COC(=O)CCCCCCCCCCC(C)CC)COP(=O)(O)OC[C@@H](O)COP(=O)(O)OC[C@@H](COC(=O)CCCCCCCCCCCC)OC(=O)CCCCCCCCCCCCC. The number of hydrogen-bond donors (Lipinski definition) is 3. The van der Waals surface area contributed by atoms with Crippen molar-refractivity contribution in [2.45, 2.75) is 348 Å². The number of hydrogen-bond acceptors (Lipinski definition) is 15. The minimum atomic E-state index is -4.96. The molecule has 0 radical (unpaired) electrons. The molecule has 3 N–H and O–H groups in total. The summed E-state index contributed by atoms with van der Waals surface area (Å²) in [4.78, 5) is 72.4. The quantitative estimate of drug-likeness (QED) is 0.0169. The van der Waals surface area contributed by atoms with Crippen molar-refractivity contribution in [3.63, 3.8) is 0 Å². The molecule has 0 aromatic carbocycles. The first-order valence-corrected chi connectivity index (χ1v) is 38.5. The Hall–Kier alpha value is -2.46. The molecule has 0 saturated carbocycles. The highest BCUT2D eigenvalue weighted by Gasteiger charge is 2.30. The molecule has 0 spiro atoms. The molecule has 88 heavy (non-hydrogen) atoms. The molecule has 0 rings (SSSR count). The van der Waals surface area contributed by atoms with Crippen molar-refractivity contribution in [3.8, 4) is 0 Å². The van der Waals surface area contributed by atoms with Crippen LogP contribution in [0.3, 0.4) is 0 Å². The topological polar surface area (TPSA) is 237 Å². The molecule has 19 heteroatoms. The molecule has 0 aromatic rings. The number of carbonyl (C=O) groups is 4. The highest BCUT2D eigenvalue weighted by Crippen LogP contribution is 2.45. The van der Waals surface area contributed by atoms with Gasteiger partial charge in [0, 0.05) is 25.7 Å². The fourth-order valence-corrected chi connectivity index (χ4v) is 11.5. The summed E-state index contributed by atoms with van der Waals surface area (Å²) < 4.78 is 68.2. The number of phosphoric acid groups is 2. The molecule has 0 bridgehead atoms. The van der Waals surface area contributed by atoms with E-state index >= 15 is 0 Å². The summed E-state index contributed by atoms with van der Waals surface area (Å²) in [5.41, 5.74) is 0. The zero-order chi connectivity index (χ0) is 64.9. The van der Waals surface area contributed by atoms with Gasteiger partial charge in [0.15, 0.2) is 12.2 Å². The van der Waals surface area contributed by atoms with E-state index in [1.54, 1.807) is 0 Å². The van der Waals surface area contributed by atoms with Crippen molar-refractivity contribution in [1.29, 1.82) is 0 Å². The molecule has 0 heterocycles. The average molecular weight is 1290 g/mol. The van der Waals surface area contributed by atoms with Gasteiger partial charge in [-0.05, 0) is 57.3 Å². The lowest BCUT2D eigenvalue weighted by Crippen LogP contribution is -2.30. The van der Waals surface area contributed by atoms with Crippen LogP contribution in [-0.4, -0.2) is 96.7 Å². The monoisotopic (exact) mass is 1290 g/mol. The summed E-state index contributed by atoms with van der Waals surface area (Å²) in [5.74, 6) is -1.38. The maximum absolute atomic E-state index is 13.0. The first kappa shape index (κ1) is 85.5. The van der Waals surface area contributed by atoms with Gasteiger partial charge in [0.05, 0.1) is 26.4 Å². The summed E-state index contributed by atoms with van der Waals surface area (Å²) in [6, 6.07) is 0. The Morgan fingerprint density at radius 1 is 0.364 bits per heavy atom. The number of carbonyl (C=O) groups excluding carboxylic acids is 4. The van der Waals surface area contributed by atoms with Crippen LogP contribution in [0.2, 0.25) is 0 Å². The second-order valence-corrected chi connectivity index (χ2v) is 27.4. The molecule has 0 fully saturated rings. The van der Waals surface area contributed by atoms with Crippen LogP contribution in [-0.2, 0) is 65.4 Å². The number of unbranched alkanes of at least 4 members (excludes halogenated alkanes) is 35. The fraction of sp³-hybridized carbons (Fsp3) is 0.884. The molecule has 0 aromatic heterocycles. The van der Waals surface area contributed by atoms with E-state index < -0.39 is 97.5 Å². The third-order valence-corrected chi connectivity index (χ3v) is 17.7. The lowest BCUT2D eigenvalue weighted by molar-refractivity contribution is -0.161. The highest BCUT2D eigenvalue weighted by molar-refractivity contribution is 7.47. The Morgan fingerprint density at radius 2 is 0.636 bits per heavy atom. The second-order valence-electron chi connectivity index (χ2n) is 24.5. The van der Waals surface area contributed by atoms with Gasteiger partial charge in [-0.15, -0.1) is 0 Å². The molecule has 0 amide bonds. The molecule has 17 nitrogen and oxygen atoms in total. The zero-order valence-electron chi connectivity index (χ0n) is 56.3. The van der Waals surface area contributed by atoms with E-state index in [4.69, 9.17) is 37.0 Å². The molecule has 0 aliphatic carbocycles. The maximum Gasteiger partial charge on any atom is 0.472 e. The Bertz CT molecular complexity index is 1800. The smallest absolute Gasteiger partial charge is 0.462 e. The number of phosphoric ester groups is 2. The van der Waals surface area contributed by atoms with Crippen LogP contribution >= 0.6 is 15.6 Å². The van der Waals surface area contributed by atoms with Crippen LogP contribution in [0.1, 0.15) is 330 Å². The number of ether oxygens (including phenoxy) is 4. The standard InChI is InChI=1S/C69H130O17P2/c1-6-10-13-16-19-22-25-26-27-28-30-33-40-45-50-55-69(74)86-65(59-80-67(72)53-48-43-38-35-34-36-41-46-51-62(5)9-4)61-84-88(77,78)82-57-63(70)56-81-87(75,76)83-60-64(58-79-66(71)52-47-42-37-31-24-21-18-15-12-8-3)85-68(73)54-49-44-39-32-29-23-20-17-14-11-7-2/h22,25-27,62-65,70H,6-21,23-24,28-61H2,1-5H3,(H,75,76)(H,77,78)/b25-22-,27-26-/t62?,63-,64+,65+/m0/s1. The van der Waals surface area contributed by atoms with Gasteiger partial charge in [0.1, 0.15) is 19.3 Å². The molecule has 3 unspecified atom stereocenters. The predicted octanol–water partition coefficient (Wildman–Crippen LogP) is 19.3. The molecular formula is C69H130O17P2. The van der Waals surface area contributed by atoms with E-state index in [1.165, 1.54) is 141 Å². The first-order valence-electron chi connectivity index (χ1n) is 35.5. The van der Waals surface area contributed by atoms with Crippen LogP contribution in [0.4, 0.5) is 0 Å². The Labute approximate surface area is 535 Å². The normalized spacial score (nSPS) is 14.6. The van der Waals surface area contributed by atoms with E-state index in [0.29, 0.717) is 25.7 Å². The summed E-state index contributed by atoms with van der Waals surface area (Å²) in [6.45, 7) is 7.16. The van der Waals surface area contributed by atoms with E-state index in [9.17, 15) is 43.2 Å². The number of aliphatic hydroxyl groups is 1. The second kappa shape index (κ2) is 62.0. The van der Waals surface area contributed by atoms with Gasteiger partial charge in [-0.3, -0.25) is 37.3 Å². The Kier molecular flexibility index (Phi) is 60.3. The van der Waals surface area contributed by atoms with Crippen LogP contribution in [0.5, 0.6) is 0 Å². The van der Waals surface area contributed by atoms with Crippen molar-refractivity contribution >= 4 is 39.5 Å². The number of rotatable bonds is 67. The summed E-state index contributed by atoms with van der Waals surface area (Å²) in [7, 11) is -9.91. The average Bonchev–Trinajstić information content (AvgIpc) is 3.62. The lowest BCUT2D eigenvalue weighted by Gasteiger charge is -2.21. The van der Waals surface area contributed by atoms with Crippen molar-refractivity contribution in [2.24, 2.45) is 5.92 Å². The maximum atomic E-state index is 13.0. The third-order valence-electron chi connectivity index (χ3n) is 15.8. The van der Waals surface area contributed by atoms with Crippen molar-refractivity contribution in [1.82, 2.24) is 0 Å². The van der Waals surface area contributed by atoms with Gasteiger partial charge < -0.3 is 33.8 Å². The fourth-order valence-electron chi connectivity index (χ4n) is 9.89. The Morgan fingerprint density at radius 3 is 0.966 bits per heavy atom. The van der Waals surface area contributed by atoms with Gasteiger partial charge >= 0.3 is 39.5 Å². The van der Waals surface area contributed by atoms with Gasteiger partial charge in [0.25, 0.3) is 0 Å². The summed E-state index contributed by atoms with van der Waals surface area (Å²) in [6.07, 6.45) is 50.6. The zero-order valence-corrected chi connectivity index (χ0v) is 58.1. The predicted molar refractivity (Wildman–Crippen MR) is 354 cm³/mol. The van der Waals surface area contributed by atoms with Crippen LogP contribution in [0.25, 0.3) is 0 Å². The minimum absolute atomic E-state index is 0.0847. The Balaban J connectivity index is 5.29. The van der Waals surface area contributed by atoms with Crippen molar-refractivity contribution in [3.05, 3.63) is 24.3 Å². The molecule has 6 atom stereocenters. The minimum Gasteiger partial charge on any atom is -0.462 e.